The summed E-state index contributed by atoms with van der Waals surface area (Å²) in [5, 5.41) is 0.987. The zero-order chi connectivity index (χ0) is 27.0. The second-order valence-electron chi connectivity index (χ2n) is 11.3. The molecule has 2 aromatic rings. The summed E-state index contributed by atoms with van der Waals surface area (Å²) in [5.74, 6) is 1.45. The number of rotatable bonds is 6. The maximum atomic E-state index is 14.0. The van der Waals surface area contributed by atoms with E-state index in [1.165, 1.54) is 5.56 Å². The minimum atomic E-state index is -0.600. The lowest BCUT2D eigenvalue weighted by Crippen LogP contribution is -2.52. The fourth-order valence-electron chi connectivity index (χ4n) is 5.15. The molecule has 2 fully saturated rings. The summed E-state index contributed by atoms with van der Waals surface area (Å²) >= 11 is 8.05. The molecule has 8 nitrogen and oxygen atoms in total. The number of halogens is 1. The van der Waals surface area contributed by atoms with E-state index in [0.29, 0.717) is 36.5 Å². The van der Waals surface area contributed by atoms with Gasteiger partial charge in [-0.15, -0.1) is 11.8 Å². The summed E-state index contributed by atoms with van der Waals surface area (Å²) in [6, 6.07) is 7.51. The number of nitrogens with zero attached hydrogens (tertiary/aromatic N) is 5. The predicted molar refractivity (Wildman–Crippen MR) is 151 cm³/mol. The second-order valence-corrected chi connectivity index (χ2v) is 13.1. The van der Waals surface area contributed by atoms with Crippen LogP contribution in [0.25, 0.3) is 0 Å². The van der Waals surface area contributed by atoms with Crippen molar-refractivity contribution < 1.29 is 14.3 Å². The van der Waals surface area contributed by atoms with Gasteiger partial charge in [-0.2, -0.15) is 0 Å². The first-order valence-corrected chi connectivity index (χ1v) is 14.8. The first-order chi connectivity index (χ1) is 18.1. The van der Waals surface area contributed by atoms with Gasteiger partial charge in [0, 0.05) is 60.4 Å². The molecule has 1 aromatic carbocycles. The minimum Gasteiger partial charge on any atom is -0.444 e. The number of carbonyl (C=O) groups is 2. The number of hydrogen-bond donors (Lipinski definition) is 0. The first-order valence-electron chi connectivity index (χ1n) is 13.3. The molecule has 5 rings (SSSR count). The Balaban J connectivity index is 1.33. The number of aromatic nitrogens is 2. The molecule has 0 N–H and O–H groups in total. The third kappa shape index (κ3) is 6.04. The van der Waals surface area contributed by atoms with Crippen molar-refractivity contribution in [1.82, 2.24) is 19.8 Å². The third-order valence-corrected chi connectivity index (χ3v) is 8.71. The van der Waals surface area contributed by atoms with Crippen molar-refractivity contribution in [2.75, 3.05) is 37.6 Å². The molecule has 0 radical (unpaired) electrons. The van der Waals surface area contributed by atoms with Gasteiger partial charge in [-0.1, -0.05) is 23.7 Å². The van der Waals surface area contributed by atoms with Crippen molar-refractivity contribution >= 4 is 41.2 Å². The van der Waals surface area contributed by atoms with Gasteiger partial charge >= 0.3 is 6.09 Å². The van der Waals surface area contributed by atoms with Crippen LogP contribution in [0.5, 0.6) is 0 Å². The van der Waals surface area contributed by atoms with E-state index < -0.39 is 11.5 Å². The maximum Gasteiger partial charge on any atom is 0.410 e. The highest BCUT2D eigenvalue weighted by atomic mass is 35.5. The van der Waals surface area contributed by atoms with Crippen LogP contribution in [0.15, 0.2) is 30.6 Å². The average molecular weight is 558 g/mol. The number of amides is 2. The van der Waals surface area contributed by atoms with Crippen molar-refractivity contribution in [2.24, 2.45) is 0 Å². The number of piperazine rings is 1. The summed E-state index contributed by atoms with van der Waals surface area (Å²) in [6.45, 7) is 10.7. The molecule has 0 spiro atoms. The highest BCUT2D eigenvalue weighted by Crippen LogP contribution is 2.44. The van der Waals surface area contributed by atoms with E-state index in [-0.39, 0.29) is 24.6 Å². The van der Waals surface area contributed by atoms with E-state index in [1.54, 1.807) is 23.4 Å². The lowest BCUT2D eigenvalue weighted by Gasteiger charge is -2.38. The maximum absolute atomic E-state index is 14.0. The van der Waals surface area contributed by atoms with E-state index >= 15 is 0 Å². The summed E-state index contributed by atoms with van der Waals surface area (Å²) < 4.78 is 5.71. The molecule has 1 saturated carbocycles. The normalized spacial score (nSPS) is 20.2. The fraction of sp³-hybridized carbons (Fsp3) is 0.571. The van der Waals surface area contributed by atoms with Crippen molar-refractivity contribution in [3.8, 4) is 0 Å². The Labute approximate surface area is 234 Å². The highest BCUT2D eigenvalue weighted by Gasteiger charge is 2.40. The molecule has 38 heavy (non-hydrogen) atoms. The van der Waals surface area contributed by atoms with Gasteiger partial charge < -0.3 is 19.4 Å². The molecule has 3 heterocycles. The van der Waals surface area contributed by atoms with Crippen LogP contribution < -0.4 is 4.90 Å². The molecule has 2 unspecified atom stereocenters. The Bertz CT molecular complexity index is 1180. The molecular weight excluding hydrogens is 522 g/mol. The van der Waals surface area contributed by atoms with Gasteiger partial charge in [0.25, 0.3) is 0 Å². The van der Waals surface area contributed by atoms with Gasteiger partial charge in [0.1, 0.15) is 17.7 Å². The third-order valence-electron chi connectivity index (χ3n) is 7.28. The summed E-state index contributed by atoms with van der Waals surface area (Å²) in [7, 11) is 0. The summed E-state index contributed by atoms with van der Waals surface area (Å²) in [5.41, 5.74) is 2.61. The first kappa shape index (κ1) is 27.1. The molecular formula is C28H36ClN5O3S. The van der Waals surface area contributed by atoms with Crippen LogP contribution in [0.3, 0.4) is 0 Å². The number of ether oxygens (including phenoxy) is 1. The lowest BCUT2D eigenvalue weighted by atomic mass is 9.96. The fourth-order valence-corrected chi connectivity index (χ4v) is 6.32. The molecule has 1 aromatic heterocycles. The smallest absolute Gasteiger partial charge is 0.410 e. The number of hydrogen-bond acceptors (Lipinski definition) is 7. The lowest BCUT2D eigenvalue weighted by molar-refractivity contribution is -0.133. The second kappa shape index (κ2) is 10.9. The van der Waals surface area contributed by atoms with Crippen LogP contribution in [0.4, 0.5) is 10.6 Å². The molecule has 2 amide bonds. The van der Waals surface area contributed by atoms with Crippen LogP contribution in [0.2, 0.25) is 5.02 Å². The van der Waals surface area contributed by atoms with Crippen LogP contribution in [-0.2, 0) is 15.3 Å². The van der Waals surface area contributed by atoms with E-state index in [0.717, 1.165) is 35.7 Å². The number of benzene rings is 1. The predicted octanol–water partition coefficient (Wildman–Crippen LogP) is 5.27. The van der Waals surface area contributed by atoms with Gasteiger partial charge in [0.05, 0.1) is 11.6 Å². The van der Waals surface area contributed by atoms with E-state index in [9.17, 15) is 9.59 Å². The number of thioether (sulfide) groups is 1. The van der Waals surface area contributed by atoms with Crippen LogP contribution in [0.1, 0.15) is 68.5 Å². The zero-order valence-electron chi connectivity index (χ0n) is 22.5. The standard InChI is InChI=1S/C28H36ClN5O3S/c1-18-24-23(16-38-18)30-17-31-25(24)32-11-13-33(14-12-32)26(35)22(19-5-7-20(29)8-6-19)15-34(21-9-10-21)27(36)37-28(2,3)4/h5-8,17-18,21-22H,9-16H2,1-4H3. The zero-order valence-corrected chi connectivity index (χ0v) is 24.1. The van der Waals surface area contributed by atoms with Crippen LogP contribution in [0, 0.1) is 0 Å². The van der Waals surface area contributed by atoms with Gasteiger partial charge in [0.15, 0.2) is 0 Å². The highest BCUT2D eigenvalue weighted by molar-refractivity contribution is 7.99. The van der Waals surface area contributed by atoms with Crippen LogP contribution in [-0.4, -0.2) is 76.1 Å². The molecule has 10 heteroatoms. The molecule has 204 valence electrons. The van der Waals surface area contributed by atoms with E-state index in [1.807, 2.05) is 49.6 Å². The average Bonchev–Trinajstić information content (AvgIpc) is 3.65. The van der Waals surface area contributed by atoms with Crippen molar-refractivity contribution in [1.29, 1.82) is 0 Å². The van der Waals surface area contributed by atoms with Gasteiger partial charge in [-0.05, 0) is 58.2 Å². The van der Waals surface area contributed by atoms with Crippen LogP contribution >= 0.6 is 23.4 Å². The number of fused-ring (bicyclic) bond motifs is 1. The minimum absolute atomic E-state index is 0.0259. The SMILES string of the molecule is CC1SCc2ncnc(N3CCN(C(=O)C(CN(C(=O)OC(C)(C)C)C4CC4)c4ccc(Cl)cc4)CC3)c21. The molecule has 2 atom stereocenters. The Morgan fingerprint density at radius 2 is 1.82 bits per heavy atom. The Morgan fingerprint density at radius 3 is 2.45 bits per heavy atom. The molecule has 1 aliphatic carbocycles. The summed E-state index contributed by atoms with van der Waals surface area (Å²) in [4.78, 5) is 42.2. The van der Waals surface area contributed by atoms with E-state index in [4.69, 9.17) is 16.3 Å². The number of anilines is 1. The molecule has 1 saturated heterocycles. The van der Waals surface area contributed by atoms with Gasteiger partial charge in [0.2, 0.25) is 5.91 Å². The monoisotopic (exact) mass is 557 g/mol. The Morgan fingerprint density at radius 1 is 1.13 bits per heavy atom. The van der Waals surface area contributed by atoms with Crippen molar-refractivity contribution in [2.45, 2.75) is 69.1 Å². The Hall–Kier alpha value is -2.52. The van der Waals surface area contributed by atoms with Crippen molar-refractivity contribution in [3.63, 3.8) is 0 Å². The summed E-state index contributed by atoms with van der Waals surface area (Å²) in [6.07, 6.45) is 3.16. The number of carbonyl (C=O) groups excluding carboxylic acids is 2. The molecule has 0 bridgehead atoms. The molecule has 2 aliphatic heterocycles. The van der Waals surface area contributed by atoms with Crippen molar-refractivity contribution in [3.05, 3.63) is 52.4 Å². The topological polar surface area (TPSA) is 78.9 Å². The van der Waals surface area contributed by atoms with Gasteiger partial charge in [-0.25, -0.2) is 14.8 Å². The quantitative estimate of drug-likeness (QED) is 0.478. The Kier molecular flexibility index (Phi) is 7.78. The van der Waals surface area contributed by atoms with E-state index in [2.05, 4.69) is 21.8 Å². The largest absolute Gasteiger partial charge is 0.444 e. The van der Waals surface area contributed by atoms with Gasteiger partial charge in [-0.3, -0.25) is 4.79 Å². The molecule has 3 aliphatic rings.